The van der Waals surface area contributed by atoms with E-state index in [1.165, 1.54) is 34.0 Å². The fourth-order valence-corrected chi connectivity index (χ4v) is 4.04. The molecule has 7 nitrogen and oxygen atoms in total. The molecule has 2 aromatic carbocycles. The number of nitrogens with one attached hydrogen (secondary N) is 1. The maximum Gasteiger partial charge on any atom is 0.261 e. The quantitative estimate of drug-likeness (QED) is 0.412. The summed E-state index contributed by atoms with van der Waals surface area (Å²) in [5, 5.41) is 11.7. The molecule has 134 valence electrons. The van der Waals surface area contributed by atoms with Gasteiger partial charge in [0.2, 0.25) is 5.13 Å². The van der Waals surface area contributed by atoms with Crippen LogP contribution in [0, 0.1) is 0 Å². The molecular weight excluding hydrogens is 382 g/mol. The Kier molecular flexibility index (Phi) is 4.95. The molecule has 0 spiro atoms. The van der Waals surface area contributed by atoms with Crippen molar-refractivity contribution in [2.75, 3.05) is 5.32 Å². The van der Waals surface area contributed by atoms with Gasteiger partial charge in [0.25, 0.3) is 11.5 Å². The molecule has 1 N–H and O–H groups in total. The summed E-state index contributed by atoms with van der Waals surface area (Å²) in [4.78, 5) is 28.9. The molecule has 2 aromatic heterocycles. The zero-order chi connectivity index (χ0) is 18.6. The van der Waals surface area contributed by atoms with E-state index in [0.29, 0.717) is 31.8 Å². The smallest absolute Gasteiger partial charge is 0.261 e. The summed E-state index contributed by atoms with van der Waals surface area (Å²) in [5.41, 5.74) is 1.12. The van der Waals surface area contributed by atoms with Gasteiger partial charge in [-0.3, -0.25) is 19.5 Å². The highest BCUT2D eigenvalue weighted by molar-refractivity contribution is 8.00. The van der Waals surface area contributed by atoms with Gasteiger partial charge in [-0.2, -0.15) is 0 Å². The van der Waals surface area contributed by atoms with Crippen LogP contribution < -0.4 is 10.9 Å². The first-order valence-electron chi connectivity index (χ1n) is 7.97. The molecule has 2 heterocycles. The van der Waals surface area contributed by atoms with E-state index >= 15 is 0 Å². The molecule has 0 fully saturated rings. The molecule has 0 bridgehead atoms. The van der Waals surface area contributed by atoms with Crippen molar-refractivity contribution in [1.29, 1.82) is 0 Å². The molecule has 0 unspecified atom stereocenters. The molecule has 4 rings (SSSR count). The van der Waals surface area contributed by atoms with Crippen molar-refractivity contribution in [2.45, 2.75) is 10.2 Å². The van der Waals surface area contributed by atoms with Crippen LogP contribution in [0.5, 0.6) is 0 Å². The normalized spacial score (nSPS) is 10.8. The molecule has 0 aliphatic rings. The highest BCUT2D eigenvalue weighted by Crippen LogP contribution is 2.26. The average Bonchev–Trinajstić information content (AvgIpc) is 3.15. The van der Waals surface area contributed by atoms with Crippen molar-refractivity contribution in [3.8, 4) is 0 Å². The Labute approximate surface area is 162 Å². The van der Waals surface area contributed by atoms with Crippen LogP contribution in [-0.2, 0) is 5.88 Å². The average molecular weight is 395 g/mol. The molecule has 0 aliphatic carbocycles. The second-order valence-corrected chi connectivity index (χ2v) is 7.67. The molecule has 0 aliphatic heterocycles. The predicted octanol–water partition coefficient (Wildman–Crippen LogP) is 3.25. The number of amides is 1. The molecule has 1 amide bonds. The Bertz CT molecular complexity index is 1160. The number of aromatic nitrogens is 4. The topological polar surface area (TPSA) is 89.8 Å². The largest absolute Gasteiger partial charge is 0.296 e. The van der Waals surface area contributed by atoms with E-state index in [4.69, 9.17) is 0 Å². The number of thioether (sulfide) groups is 1. The van der Waals surface area contributed by atoms with Gasteiger partial charge in [-0.05, 0) is 24.3 Å². The summed E-state index contributed by atoms with van der Waals surface area (Å²) < 4.78 is 2.18. The van der Waals surface area contributed by atoms with Gasteiger partial charge in [0.1, 0.15) is 0 Å². The van der Waals surface area contributed by atoms with E-state index in [0.717, 1.165) is 0 Å². The first-order valence-corrected chi connectivity index (χ1v) is 9.78. The van der Waals surface area contributed by atoms with Gasteiger partial charge in [-0.25, -0.2) is 4.98 Å². The van der Waals surface area contributed by atoms with Crippen molar-refractivity contribution in [3.63, 3.8) is 0 Å². The number of nitrogens with zero attached hydrogens (tertiary/aromatic N) is 4. The number of carbonyl (C=O) groups excluding carboxylic acids is 1. The lowest BCUT2D eigenvalue weighted by molar-refractivity contribution is 0.102. The molecule has 0 saturated heterocycles. The standard InChI is InChI=1S/C18H13N5O2S2/c24-15(12-6-2-1-3-7-12)20-17-21-22-18(27-17)26-11-23-10-19-14-9-5-4-8-13(14)16(23)25/h1-10H,11H2,(H,20,21,24). The van der Waals surface area contributed by atoms with E-state index in [9.17, 15) is 9.59 Å². The van der Waals surface area contributed by atoms with E-state index in [2.05, 4.69) is 20.5 Å². The van der Waals surface area contributed by atoms with Crippen molar-refractivity contribution in [2.24, 2.45) is 0 Å². The van der Waals surface area contributed by atoms with E-state index in [1.54, 1.807) is 36.4 Å². The molecule has 0 saturated carbocycles. The molecule has 27 heavy (non-hydrogen) atoms. The minimum Gasteiger partial charge on any atom is -0.296 e. The minimum absolute atomic E-state index is 0.102. The lowest BCUT2D eigenvalue weighted by Gasteiger charge is -2.04. The number of fused-ring (bicyclic) bond motifs is 1. The van der Waals surface area contributed by atoms with Crippen LogP contribution in [0.25, 0.3) is 10.9 Å². The number of rotatable bonds is 5. The summed E-state index contributed by atoms with van der Waals surface area (Å²) >= 11 is 2.61. The van der Waals surface area contributed by atoms with Gasteiger partial charge in [0.15, 0.2) is 4.34 Å². The van der Waals surface area contributed by atoms with Gasteiger partial charge in [0.05, 0.1) is 23.1 Å². The molecule has 0 atom stereocenters. The highest BCUT2D eigenvalue weighted by Gasteiger charge is 2.11. The Hall–Kier alpha value is -3.04. The third-order valence-electron chi connectivity index (χ3n) is 3.72. The van der Waals surface area contributed by atoms with Gasteiger partial charge >= 0.3 is 0 Å². The van der Waals surface area contributed by atoms with Crippen molar-refractivity contribution >= 4 is 45.0 Å². The number of benzene rings is 2. The SMILES string of the molecule is O=C(Nc1nnc(SCn2cnc3ccccc3c2=O)s1)c1ccccc1. The van der Waals surface area contributed by atoms with Crippen LogP contribution in [0.3, 0.4) is 0 Å². The van der Waals surface area contributed by atoms with E-state index in [1.807, 2.05) is 18.2 Å². The third-order valence-corrected chi connectivity index (χ3v) is 5.69. The van der Waals surface area contributed by atoms with Crippen LogP contribution in [0.4, 0.5) is 5.13 Å². The lowest BCUT2D eigenvalue weighted by Crippen LogP contribution is -2.19. The Morgan fingerprint density at radius 1 is 1.07 bits per heavy atom. The fourth-order valence-electron chi connectivity index (χ4n) is 2.40. The summed E-state index contributed by atoms with van der Waals surface area (Å²) in [6.07, 6.45) is 1.52. The molecular formula is C18H13N5O2S2. The number of anilines is 1. The summed E-state index contributed by atoms with van der Waals surface area (Å²) in [5.74, 6) is 0.121. The first kappa shape index (κ1) is 17.4. The second kappa shape index (κ2) is 7.68. The Morgan fingerprint density at radius 3 is 2.70 bits per heavy atom. The summed E-state index contributed by atoms with van der Waals surface area (Å²) in [6.45, 7) is 0. The number of para-hydroxylation sites is 1. The van der Waals surface area contributed by atoms with Gasteiger partial charge < -0.3 is 0 Å². The fraction of sp³-hybridized carbons (Fsp3) is 0.0556. The minimum atomic E-state index is -0.238. The van der Waals surface area contributed by atoms with E-state index in [-0.39, 0.29) is 11.5 Å². The highest BCUT2D eigenvalue weighted by atomic mass is 32.2. The lowest BCUT2D eigenvalue weighted by atomic mass is 10.2. The van der Waals surface area contributed by atoms with Crippen molar-refractivity contribution < 1.29 is 4.79 Å². The monoisotopic (exact) mass is 395 g/mol. The van der Waals surface area contributed by atoms with Gasteiger partial charge in [-0.15, -0.1) is 10.2 Å². The summed E-state index contributed by atoms with van der Waals surface area (Å²) in [7, 11) is 0. The maximum atomic E-state index is 12.5. The van der Waals surface area contributed by atoms with Gasteiger partial charge in [0, 0.05) is 5.56 Å². The molecule has 9 heteroatoms. The Balaban J connectivity index is 1.44. The first-order chi connectivity index (χ1) is 13.2. The number of hydrogen-bond acceptors (Lipinski definition) is 7. The Morgan fingerprint density at radius 2 is 1.85 bits per heavy atom. The zero-order valence-corrected chi connectivity index (χ0v) is 15.5. The second-order valence-electron chi connectivity index (χ2n) is 5.50. The van der Waals surface area contributed by atoms with Crippen molar-refractivity contribution in [3.05, 3.63) is 76.8 Å². The van der Waals surface area contributed by atoms with Crippen LogP contribution in [0.1, 0.15) is 10.4 Å². The van der Waals surface area contributed by atoms with Crippen LogP contribution in [-0.4, -0.2) is 25.7 Å². The summed E-state index contributed by atoms with van der Waals surface area (Å²) in [6, 6.07) is 16.1. The van der Waals surface area contributed by atoms with Crippen LogP contribution >= 0.6 is 23.1 Å². The molecule has 0 radical (unpaired) electrons. The van der Waals surface area contributed by atoms with Crippen molar-refractivity contribution in [1.82, 2.24) is 19.7 Å². The predicted molar refractivity (Wildman–Crippen MR) is 106 cm³/mol. The van der Waals surface area contributed by atoms with Gasteiger partial charge in [-0.1, -0.05) is 53.4 Å². The maximum absolute atomic E-state index is 12.5. The number of hydrogen-bond donors (Lipinski definition) is 1. The number of carbonyl (C=O) groups is 1. The van der Waals surface area contributed by atoms with Crippen LogP contribution in [0.15, 0.2) is 70.1 Å². The van der Waals surface area contributed by atoms with E-state index < -0.39 is 0 Å². The third kappa shape index (κ3) is 3.88. The van der Waals surface area contributed by atoms with Crippen LogP contribution in [0.2, 0.25) is 0 Å². The zero-order valence-electron chi connectivity index (χ0n) is 13.9. The molecule has 4 aromatic rings.